The molecule has 0 bridgehead atoms. The van der Waals surface area contributed by atoms with Gasteiger partial charge in [0.05, 0.1) is 5.69 Å². The average molecular weight is 200 g/mol. The molecule has 72 valence electrons. The van der Waals surface area contributed by atoms with Crippen LogP contribution in [0.3, 0.4) is 0 Å². The Morgan fingerprint density at radius 3 is 2.92 bits per heavy atom. The van der Waals surface area contributed by atoms with Crippen molar-refractivity contribution in [1.82, 2.24) is 10.3 Å². The summed E-state index contributed by atoms with van der Waals surface area (Å²) in [7, 11) is 0. The molecule has 1 aromatic rings. The maximum atomic E-state index is 13.5. The minimum absolute atomic E-state index is 0.612. The molecule has 0 atom stereocenters. The van der Waals surface area contributed by atoms with Gasteiger partial charge in [0.1, 0.15) is 5.01 Å². The second-order valence-corrected chi connectivity index (χ2v) is 4.87. The number of rotatable bonds is 1. The van der Waals surface area contributed by atoms with Crippen LogP contribution in [0, 0.1) is 0 Å². The first kappa shape index (κ1) is 9.09. The van der Waals surface area contributed by atoms with E-state index >= 15 is 0 Å². The van der Waals surface area contributed by atoms with Crippen molar-refractivity contribution in [2.75, 3.05) is 6.54 Å². The third-order valence-electron chi connectivity index (χ3n) is 2.11. The molecule has 0 saturated heterocycles. The molecule has 0 unspecified atom stereocenters. The van der Waals surface area contributed by atoms with Gasteiger partial charge in [-0.3, -0.25) is 0 Å². The summed E-state index contributed by atoms with van der Waals surface area (Å²) in [6.45, 7) is 4.90. The van der Waals surface area contributed by atoms with E-state index in [1.54, 1.807) is 13.8 Å². The zero-order valence-electron chi connectivity index (χ0n) is 7.85. The number of alkyl halides is 1. The number of fused-ring (bicyclic) bond motifs is 1. The van der Waals surface area contributed by atoms with E-state index in [0.29, 0.717) is 5.01 Å². The van der Waals surface area contributed by atoms with Gasteiger partial charge in [0, 0.05) is 18.0 Å². The van der Waals surface area contributed by atoms with Crippen molar-refractivity contribution in [3.63, 3.8) is 0 Å². The summed E-state index contributed by atoms with van der Waals surface area (Å²) in [6, 6.07) is 0. The Morgan fingerprint density at radius 1 is 1.54 bits per heavy atom. The molecule has 2 nitrogen and oxygen atoms in total. The highest BCUT2D eigenvalue weighted by molar-refractivity contribution is 7.11. The summed E-state index contributed by atoms with van der Waals surface area (Å²) >= 11 is 1.52. The van der Waals surface area contributed by atoms with Crippen LogP contribution < -0.4 is 5.32 Å². The quantitative estimate of drug-likeness (QED) is 0.750. The van der Waals surface area contributed by atoms with Crippen molar-refractivity contribution in [2.24, 2.45) is 0 Å². The van der Waals surface area contributed by atoms with E-state index in [0.717, 1.165) is 25.2 Å². The highest BCUT2D eigenvalue weighted by Gasteiger charge is 2.26. The van der Waals surface area contributed by atoms with Crippen molar-refractivity contribution in [2.45, 2.75) is 32.5 Å². The van der Waals surface area contributed by atoms with Crippen LogP contribution in [0.1, 0.15) is 29.4 Å². The number of nitrogens with zero attached hydrogens (tertiary/aromatic N) is 1. The first-order valence-electron chi connectivity index (χ1n) is 4.46. The fraction of sp³-hybridized carbons (Fsp3) is 0.667. The summed E-state index contributed by atoms with van der Waals surface area (Å²) in [6.07, 6.45) is 0.989. The molecule has 2 rings (SSSR count). The van der Waals surface area contributed by atoms with Crippen LogP contribution in [-0.4, -0.2) is 11.5 Å². The van der Waals surface area contributed by atoms with E-state index in [-0.39, 0.29) is 0 Å². The third kappa shape index (κ3) is 1.74. The van der Waals surface area contributed by atoms with E-state index in [1.807, 2.05) is 0 Å². The first-order valence-corrected chi connectivity index (χ1v) is 5.28. The van der Waals surface area contributed by atoms with Gasteiger partial charge in [-0.25, -0.2) is 9.37 Å². The van der Waals surface area contributed by atoms with E-state index in [1.165, 1.54) is 16.2 Å². The average Bonchev–Trinajstić information content (AvgIpc) is 2.45. The predicted molar refractivity (Wildman–Crippen MR) is 51.7 cm³/mol. The van der Waals surface area contributed by atoms with Gasteiger partial charge in [-0.2, -0.15) is 0 Å². The van der Waals surface area contributed by atoms with Crippen molar-refractivity contribution in [3.8, 4) is 0 Å². The molecule has 1 aliphatic heterocycles. The van der Waals surface area contributed by atoms with Crippen LogP contribution in [0.2, 0.25) is 0 Å². The zero-order chi connectivity index (χ0) is 9.47. The molecule has 0 amide bonds. The second kappa shape index (κ2) is 3.03. The summed E-state index contributed by atoms with van der Waals surface area (Å²) in [5.74, 6) is 0. The van der Waals surface area contributed by atoms with Crippen molar-refractivity contribution < 1.29 is 4.39 Å². The molecule has 13 heavy (non-hydrogen) atoms. The largest absolute Gasteiger partial charge is 0.311 e. The SMILES string of the molecule is CC(C)(F)c1nc2c(s1)CCNC2. The molecule has 0 aromatic carbocycles. The molecule has 0 saturated carbocycles. The molecule has 0 spiro atoms. The predicted octanol–water partition coefficient (Wildman–Crippen LogP) is 1.99. The number of halogens is 1. The molecular formula is C9H13FN2S. The van der Waals surface area contributed by atoms with Gasteiger partial charge in [0.2, 0.25) is 0 Å². The Balaban J connectivity index is 2.36. The minimum Gasteiger partial charge on any atom is -0.311 e. The molecule has 0 radical (unpaired) electrons. The number of aromatic nitrogens is 1. The van der Waals surface area contributed by atoms with Gasteiger partial charge in [0.25, 0.3) is 0 Å². The lowest BCUT2D eigenvalue weighted by Gasteiger charge is -2.09. The number of hydrogen-bond donors (Lipinski definition) is 1. The van der Waals surface area contributed by atoms with Gasteiger partial charge in [-0.1, -0.05) is 0 Å². The standard InChI is InChI=1S/C9H13FN2S/c1-9(2,10)8-12-6-5-11-4-3-7(6)13-8/h11H,3-5H2,1-2H3. The summed E-state index contributed by atoms with van der Waals surface area (Å²) < 4.78 is 13.5. The smallest absolute Gasteiger partial charge is 0.156 e. The molecule has 2 heterocycles. The third-order valence-corrected chi connectivity index (χ3v) is 3.56. The summed E-state index contributed by atoms with van der Waals surface area (Å²) in [5.41, 5.74) is -0.251. The molecule has 0 fully saturated rings. The van der Waals surface area contributed by atoms with E-state index < -0.39 is 5.67 Å². The lowest BCUT2D eigenvalue weighted by atomic mass is 10.2. The maximum Gasteiger partial charge on any atom is 0.156 e. The topological polar surface area (TPSA) is 24.9 Å². The highest BCUT2D eigenvalue weighted by atomic mass is 32.1. The molecule has 0 aliphatic carbocycles. The Bertz CT molecular complexity index is 290. The van der Waals surface area contributed by atoms with Crippen LogP contribution in [0.4, 0.5) is 4.39 Å². The number of nitrogens with one attached hydrogen (secondary N) is 1. The molecule has 4 heteroatoms. The first-order chi connectivity index (χ1) is 6.07. The van der Waals surface area contributed by atoms with E-state index in [2.05, 4.69) is 10.3 Å². The van der Waals surface area contributed by atoms with Crippen LogP contribution >= 0.6 is 11.3 Å². The fourth-order valence-corrected chi connectivity index (χ4v) is 2.45. The Hall–Kier alpha value is -0.480. The van der Waals surface area contributed by atoms with Gasteiger partial charge in [0.15, 0.2) is 5.67 Å². The molecule has 1 N–H and O–H groups in total. The van der Waals surface area contributed by atoms with Crippen molar-refractivity contribution in [3.05, 3.63) is 15.6 Å². The van der Waals surface area contributed by atoms with Gasteiger partial charge in [-0.15, -0.1) is 11.3 Å². The summed E-state index contributed by atoms with van der Waals surface area (Å²) in [5, 5.41) is 3.84. The number of hydrogen-bond acceptors (Lipinski definition) is 3. The van der Waals surface area contributed by atoms with Gasteiger partial charge < -0.3 is 5.32 Å². The lowest BCUT2D eigenvalue weighted by Crippen LogP contribution is -2.22. The van der Waals surface area contributed by atoms with Gasteiger partial charge in [-0.05, 0) is 20.3 Å². The van der Waals surface area contributed by atoms with Crippen LogP contribution in [-0.2, 0) is 18.6 Å². The highest BCUT2D eigenvalue weighted by Crippen LogP contribution is 2.31. The van der Waals surface area contributed by atoms with Crippen molar-refractivity contribution in [1.29, 1.82) is 0 Å². The van der Waals surface area contributed by atoms with Crippen LogP contribution in [0.15, 0.2) is 0 Å². The van der Waals surface area contributed by atoms with Gasteiger partial charge >= 0.3 is 0 Å². The maximum absolute atomic E-state index is 13.5. The van der Waals surface area contributed by atoms with Crippen LogP contribution in [0.5, 0.6) is 0 Å². The van der Waals surface area contributed by atoms with Crippen LogP contribution in [0.25, 0.3) is 0 Å². The lowest BCUT2D eigenvalue weighted by molar-refractivity contribution is 0.220. The van der Waals surface area contributed by atoms with Crippen molar-refractivity contribution >= 4 is 11.3 Å². The fourth-order valence-electron chi connectivity index (χ4n) is 1.38. The van der Waals surface area contributed by atoms with E-state index in [9.17, 15) is 4.39 Å². The Labute approximate surface area is 81.2 Å². The monoisotopic (exact) mass is 200 g/mol. The normalized spacial score (nSPS) is 17.2. The number of thiazole rings is 1. The molecular weight excluding hydrogens is 187 g/mol. The minimum atomic E-state index is -1.29. The molecule has 1 aromatic heterocycles. The Morgan fingerprint density at radius 2 is 2.31 bits per heavy atom. The zero-order valence-corrected chi connectivity index (χ0v) is 8.67. The second-order valence-electron chi connectivity index (χ2n) is 3.79. The Kier molecular flexibility index (Phi) is 2.12. The van der Waals surface area contributed by atoms with E-state index in [4.69, 9.17) is 0 Å². The molecule has 1 aliphatic rings. The summed E-state index contributed by atoms with van der Waals surface area (Å²) in [4.78, 5) is 5.55.